The number of benzene rings is 2. The minimum atomic E-state index is -0.451. The van der Waals surface area contributed by atoms with Crippen molar-refractivity contribution in [2.45, 2.75) is 19.4 Å². The van der Waals surface area contributed by atoms with Gasteiger partial charge in [0.25, 0.3) is 11.6 Å². The smallest absolute Gasteiger partial charge is 0.274 e. The van der Waals surface area contributed by atoms with Gasteiger partial charge >= 0.3 is 0 Å². The van der Waals surface area contributed by atoms with Gasteiger partial charge in [0.1, 0.15) is 5.82 Å². The van der Waals surface area contributed by atoms with Crippen LogP contribution in [0.5, 0.6) is 0 Å². The van der Waals surface area contributed by atoms with Crippen LogP contribution in [-0.2, 0) is 11.3 Å². The number of amides is 2. The number of para-hydroxylation sites is 1. The van der Waals surface area contributed by atoms with Gasteiger partial charge in [-0.15, -0.1) is 0 Å². The Kier molecular flexibility index (Phi) is 6.21. The van der Waals surface area contributed by atoms with Gasteiger partial charge in [0.15, 0.2) is 0 Å². The summed E-state index contributed by atoms with van der Waals surface area (Å²) >= 11 is 0. The maximum Gasteiger partial charge on any atom is 0.274 e. The van der Waals surface area contributed by atoms with Gasteiger partial charge < -0.3 is 9.80 Å². The lowest BCUT2D eigenvalue weighted by Gasteiger charge is -2.33. The Hall–Kier alpha value is -3.29. The number of halogens is 1. The average Bonchev–Trinajstić information content (AvgIpc) is 2.73. The molecule has 1 aliphatic heterocycles. The van der Waals surface area contributed by atoms with E-state index in [1.54, 1.807) is 30.1 Å². The van der Waals surface area contributed by atoms with Crippen LogP contribution in [0, 0.1) is 21.8 Å². The summed E-state index contributed by atoms with van der Waals surface area (Å²) in [7, 11) is 1.63. The van der Waals surface area contributed by atoms with Crippen LogP contribution in [0.3, 0.4) is 0 Å². The zero-order valence-electron chi connectivity index (χ0n) is 16.1. The van der Waals surface area contributed by atoms with Crippen LogP contribution in [0.25, 0.3) is 0 Å². The molecule has 0 saturated carbocycles. The van der Waals surface area contributed by atoms with Gasteiger partial charge in [0, 0.05) is 43.2 Å². The second-order valence-corrected chi connectivity index (χ2v) is 7.15. The van der Waals surface area contributed by atoms with Gasteiger partial charge in [-0.1, -0.05) is 18.2 Å². The highest BCUT2D eigenvalue weighted by atomic mass is 19.1. The molecule has 0 aliphatic carbocycles. The third-order valence-corrected chi connectivity index (χ3v) is 5.19. The van der Waals surface area contributed by atoms with E-state index in [2.05, 4.69) is 0 Å². The summed E-state index contributed by atoms with van der Waals surface area (Å²) in [6.07, 6.45) is 1.04. The number of nitro benzene ring substituents is 1. The molecule has 0 unspecified atom stereocenters. The first-order valence-electron chi connectivity index (χ1n) is 9.39. The molecule has 0 radical (unpaired) electrons. The number of nitro groups is 1. The summed E-state index contributed by atoms with van der Waals surface area (Å²) in [5.74, 6) is -0.895. The molecule has 2 amide bonds. The Morgan fingerprint density at radius 1 is 1.14 bits per heavy atom. The van der Waals surface area contributed by atoms with E-state index in [1.807, 2.05) is 0 Å². The monoisotopic (exact) mass is 399 g/mol. The lowest BCUT2D eigenvalue weighted by molar-refractivity contribution is -0.385. The number of carbonyl (C=O) groups excluding carboxylic acids is 2. The van der Waals surface area contributed by atoms with Crippen molar-refractivity contribution in [2.75, 3.05) is 20.1 Å². The molecule has 0 N–H and O–H groups in total. The predicted molar refractivity (Wildman–Crippen MR) is 105 cm³/mol. The molecule has 1 fully saturated rings. The SMILES string of the molecule is CN(Cc1ccccc1[N+](=O)[O-])C(=O)C1CCN(C(=O)c2ccc(F)cc2)CC1. The van der Waals surface area contributed by atoms with E-state index in [4.69, 9.17) is 0 Å². The second kappa shape index (κ2) is 8.81. The maximum absolute atomic E-state index is 13.0. The quantitative estimate of drug-likeness (QED) is 0.571. The molecule has 0 atom stereocenters. The van der Waals surface area contributed by atoms with Gasteiger partial charge in [-0.2, -0.15) is 0 Å². The highest BCUT2D eigenvalue weighted by Gasteiger charge is 2.30. The molecule has 1 saturated heterocycles. The fraction of sp³-hybridized carbons (Fsp3) is 0.333. The molecule has 1 aliphatic rings. The van der Waals surface area contributed by atoms with Gasteiger partial charge in [-0.3, -0.25) is 19.7 Å². The van der Waals surface area contributed by atoms with Crippen LogP contribution in [-0.4, -0.2) is 46.7 Å². The molecule has 29 heavy (non-hydrogen) atoms. The third-order valence-electron chi connectivity index (χ3n) is 5.19. The summed E-state index contributed by atoms with van der Waals surface area (Å²) < 4.78 is 13.0. The molecule has 1 heterocycles. The van der Waals surface area contributed by atoms with Crippen LogP contribution in [0.1, 0.15) is 28.8 Å². The molecule has 152 valence electrons. The first kappa shape index (κ1) is 20.4. The minimum Gasteiger partial charge on any atom is -0.341 e. The number of rotatable bonds is 5. The van der Waals surface area contributed by atoms with E-state index >= 15 is 0 Å². The Morgan fingerprint density at radius 2 is 1.76 bits per heavy atom. The number of likely N-dealkylation sites (tertiary alicyclic amines) is 1. The van der Waals surface area contributed by atoms with Crippen molar-refractivity contribution < 1.29 is 18.9 Å². The molecular formula is C21H22FN3O4. The second-order valence-electron chi connectivity index (χ2n) is 7.15. The van der Waals surface area contributed by atoms with Gasteiger partial charge in [0.2, 0.25) is 5.91 Å². The van der Waals surface area contributed by atoms with Crippen molar-refractivity contribution in [1.29, 1.82) is 0 Å². The first-order chi connectivity index (χ1) is 13.9. The summed E-state index contributed by atoms with van der Waals surface area (Å²) in [5.41, 5.74) is 0.897. The largest absolute Gasteiger partial charge is 0.341 e. The predicted octanol–water partition coefficient (Wildman–Crippen LogP) is 3.24. The van der Waals surface area contributed by atoms with Crippen LogP contribution >= 0.6 is 0 Å². The fourth-order valence-corrected chi connectivity index (χ4v) is 3.57. The highest BCUT2D eigenvalue weighted by molar-refractivity contribution is 5.94. The topological polar surface area (TPSA) is 83.8 Å². The Labute approximate surface area is 167 Å². The van der Waals surface area contributed by atoms with Gasteiger partial charge in [-0.05, 0) is 37.1 Å². The maximum atomic E-state index is 13.0. The third kappa shape index (κ3) is 4.77. The minimum absolute atomic E-state index is 0.00753. The average molecular weight is 399 g/mol. The summed E-state index contributed by atoms with van der Waals surface area (Å²) in [5, 5.41) is 11.2. The molecule has 0 aromatic heterocycles. The zero-order chi connectivity index (χ0) is 21.0. The number of hydrogen-bond donors (Lipinski definition) is 0. The standard InChI is InChI=1S/C21H22FN3O4/c1-23(14-17-4-2-3-5-19(17)25(28)29)20(26)16-10-12-24(13-11-16)21(27)15-6-8-18(22)9-7-15/h2-9,16H,10-14H2,1H3. The number of piperidine rings is 1. The Balaban J connectivity index is 1.57. The normalized spacial score (nSPS) is 14.5. The highest BCUT2D eigenvalue weighted by Crippen LogP contribution is 2.24. The Bertz CT molecular complexity index is 908. The van der Waals surface area contributed by atoms with Crippen LogP contribution in [0.4, 0.5) is 10.1 Å². The number of carbonyl (C=O) groups is 2. The Morgan fingerprint density at radius 3 is 2.38 bits per heavy atom. The molecule has 7 nitrogen and oxygen atoms in total. The lowest BCUT2D eigenvalue weighted by Crippen LogP contribution is -2.43. The van der Waals surface area contributed by atoms with Crippen molar-refractivity contribution in [2.24, 2.45) is 5.92 Å². The first-order valence-corrected chi connectivity index (χ1v) is 9.39. The van der Waals surface area contributed by atoms with Crippen molar-refractivity contribution in [1.82, 2.24) is 9.80 Å². The molecule has 8 heteroatoms. The van der Waals surface area contributed by atoms with Crippen molar-refractivity contribution in [3.05, 3.63) is 75.6 Å². The molecule has 2 aromatic carbocycles. The molecule has 0 bridgehead atoms. The summed E-state index contributed by atoms with van der Waals surface area (Å²) in [6, 6.07) is 11.8. The van der Waals surface area contributed by atoms with E-state index in [9.17, 15) is 24.1 Å². The van der Waals surface area contributed by atoms with Crippen molar-refractivity contribution >= 4 is 17.5 Å². The lowest BCUT2D eigenvalue weighted by atomic mass is 9.94. The van der Waals surface area contributed by atoms with Gasteiger partial charge in [-0.25, -0.2) is 4.39 Å². The number of nitrogens with zero attached hydrogens (tertiary/aromatic N) is 3. The van der Waals surface area contributed by atoms with E-state index in [0.717, 1.165) is 0 Å². The fourth-order valence-electron chi connectivity index (χ4n) is 3.57. The van der Waals surface area contributed by atoms with Crippen LogP contribution in [0.2, 0.25) is 0 Å². The van der Waals surface area contributed by atoms with Crippen molar-refractivity contribution in [3.63, 3.8) is 0 Å². The summed E-state index contributed by atoms with van der Waals surface area (Å²) in [4.78, 5) is 39.2. The van der Waals surface area contributed by atoms with Crippen LogP contribution in [0.15, 0.2) is 48.5 Å². The van der Waals surface area contributed by atoms with Gasteiger partial charge in [0.05, 0.1) is 11.5 Å². The van der Waals surface area contributed by atoms with E-state index in [0.29, 0.717) is 37.1 Å². The molecular weight excluding hydrogens is 377 g/mol. The zero-order valence-corrected chi connectivity index (χ0v) is 16.1. The molecule has 0 spiro atoms. The number of hydrogen-bond acceptors (Lipinski definition) is 4. The van der Waals surface area contributed by atoms with E-state index in [-0.39, 0.29) is 30.0 Å². The van der Waals surface area contributed by atoms with E-state index in [1.165, 1.54) is 35.2 Å². The summed E-state index contributed by atoms with van der Waals surface area (Å²) in [6.45, 7) is 1.03. The molecule has 2 aromatic rings. The van der Waals surface area contributed by atoms with Crippen molar-refractivity contribution in [3.8, 4) is 0 Å². The molecule has 3 rings (SSSR count). The van der Waals surface area contributed by atoms with E-state index < -0.39 is 10.7 Å². The van der Waals surface area contributed by atoms with Crippen LogP contribution < -0.4 is 0 Å².